The van der Waals surface area contributed by atoms with E-state index in [1.165, 1.54) is 0 Å². The lowest BCUT2D eigenvalue weighted by molar-refractivity contribution is 0.449. The summed E-state index contributed by atoms with van der Waals surface area (Å²) >= 11 is 0. The van der Waals surface area contributed by atoms with Crippen molar-refractivity contribution in [1.82, 2.24) is 9.55 Å². The number of aromatic hydroxyl groups is 1. The van der Waals surface area contributed by atoms with E-state index in [9.17, 15) is 9.90 Å². The van der Waals surface area contributed by atoms with Gasteiger partial charge in [-0.1, -0.05) is 67.6 Å². The van der Waals surface area contributed by atoms with Crippen LogP contribution in [0.3, 0.4) is 0 Å². The molecule has 4 nitrogen and oxygen atoms in total. The highest BCUT2D eigenvalue weighted by Crippen LogP contribution is 2.27. The molecule has 23 heavy (non-hydrogen) atoms. The van der Waals surface area contributed by atoms with Crippen LogP contribution in [0.4, 0.5) is 0 Å². The van der Waals surface area contributed by atoms with Crippen molar-refractivity contribution in [2.24, 2.45) is 0 Å². The average Bonchev–Trinajstić information content (AvgIpc) is 2.59. The van der Waals surface area contributed by atoms with Crippen LogP contribution in [0.2, 0.25) is 0 Å². The van der Waals surface area contributed by atoms with Crippen molar-refractivity contribution in [1.29, 1.82) is 0 Å². The summed E-state index contributed by atoms with van der Waals surface area (Å²) < 4.78 is 1.64. The van der Waals surface area contributed by atoms with Crippen molar-refractivity contribution < 1.29 is 5.11 Å². The Morgan fingerprint density at radius 2 is 1.52 bits per heavy atom. The van der Waals surface area contributed by atoms with Crippen LogP contribution in [0.1, 0.15) is 13.3 Å². The van der Waals surface area contributed by atoms with Crippen molar-refractivity contribution in [2.75, 3.05) is 0 Å². The van der Waals surface area contributed by atoms with E-state index in [0.717, 1.165) is 12.0 Å². The second kappa shape index (κ2) is 6.48. The molecule has 116 valence electrons. The number of benzene rings is 2. The van der Waals surface area contributed by atoms with Gasteiger partial charge in [-0.05, 0) is 12.0 Å². The zero-order chi connectivity index (χ0) is 16.2. The third-order valence-corrected chi connectivity index (χ3v) is 3.69. The SMILES string of the molecule is CCCn1c(-c2ccccc2)nc(O)c(-c2ccccc2)c1=O. The van der Waals surface area contributed by atoms with Gasteiger partial charge in [-0.15, -0.1) is 0 Å². The lowest BCUT2D eigenvalue weighted by atomic mass is 10.1. The highest BCUT2D eigenvalue weighted by Gasteiger charge is 2.18. The predicted octanol–water partition coefficient (Wildman–Crippen LogP) is 3.69. The zero-order valence-corrected chi connectivity index (χ0v) is 12.9. The van der Waals surface area contributed by atoms with E-state index in [-0.39, 0.29) is 17.0 Å². The lowest BCUT2D eigenvalue weighted by Crippen LogP contribution is -2.24. The van der Waals surface area contributed by atoms with Crippen LogP contribution in [-0.4, -0.2) is 14.7 Å². The third kappa shape index (κ3) is 2.88. The van der Waals surface area contributed by atoms with Crippen molar-refractivity contribution >= 4 is 0 Å². The molecule has 1 aromatic heterocycles. The molecule has 0 bridgehead atoms. The van der Waals surface area contributed by atoms with E-state index in [0.29, 0.717) is 17.9 Å². The molecule has 2 aromatic carbocycles. The molecule has 3 aromatic rings. The number of hydrogen-bond donors (Lipinski definition) is 1. The summed E-state index contributed by atoms with van der Waals surface area (Å²) in [6.45, 7) is 2.56. The van der Waals surface area contributed by atoms with Gasteiger partial charge in [-0.2, -0.15) is 4.98 Å². The minimum absolute atomic E-state index is 0.218. The summed E-state index contributed by atoms with van der Waals surface area (Å²) in [7, 11) is 0. The van der Waals surface area contributed by atoms with E-state index in [1.54, 1.807) is 16.7 Å². The van der Waals surface area contributed by atoms with Crippen LogP contribution in [0, 0.1) is 0 Å². The fourth-order valence-corrected chi connectivity index (χ4v) is 2.64. The highest BCUT2D eigenvalue weighted by atomic mass is 16.3. The van der Waals surface area contributed by atoms with Gasteiger partial charge in [-0.25, -0.2) is 0 Å². The Kier molecular flexibility index (Phi) is 4.24. The van der Waals surface area contributed by atoms with Gasteiger partial charge in [0.05, 0.1) is 0 Å². The average molecular weight is 306 g/mol. The summed E-state index contributed by atoms with van der Waals surface area (Å²) in [6, 6.07) is 18.6. The summed E-state index contributed by atoms with van der Waals surface area (Å²) in [5, 5.41) is 10.4. The molecule has 3 rings (SSSR count). The number of rotatable bonds is 4. The highest BCUT2D eigenvalue weighted by molar-refractivity contribution is 5.69. The maximum atomic E-state index is 12.9. The number of hydrogen-bond acceptors (Lipinski definition) is 3. The van der Waals surface area contributed by atoms with Gasteiger partial charge in [-0.3, -0.25) is 9.36 Å². The smallest absolute Gasteiger partial charge is 0.265 e. The van der Waals surface area contributed by atoms with Gasteiger partial charge in [0.1, 0.15) is 11.4 Å². The lowest BCUT2D eigenvalue weighted by Gasteiger charge is -2.14. The molecule has 0 unspecified atom stereocenters. The third-order valence-electron chi connectivity index (χ3n) is 3.69. The summed E-state index contributed by atoms with van der Waals surface area (Å²) in [4.78, 5) is 17.3. The first-order valence-corrected chi connectivity index (χ1v) is 7.67. The quantitative estimate of drug-likeness (QED) is 0.799. The number of nitrogens with zero attached hydrogens (tertiary/aromatic N) is 2. The Bertz CT molecular complexity index is 856. The molecule has 0 atom stereocenters. The zero-order valence-electron chi connectivity index (χ0n) is 12.9. The van der Waals surface area contributed by atoms with Gasteiger partial charge >= 0.3 is 0 Å². The van der Waals surface area contributed by atoms with Crippen molar-refractivity contribution in [3.05, 3.63) is 71.0 Å². The fourth-order valence-electron chi connectivity index (χ4n) is 2.64. The topological polar surface area (TPSA) is 55.1 Å². The molecular formula is C19H18N2O2. The van der Waals surface area contributed by atoms with Crippen molar-refractivity contribution in [3.63, 3.8) is 0 Å². The molecule has 0 aliphatic carbocycles. The largest absolute Gasteiger partial charge is 0.493 e. The molecule has 0 spiro atoms. The fraction of sp³-hybridized carbons (Fsp3) is 0.158. The Morgan fingerprint density at radius 1 is 0.957 bits per heavy atom. The molecule has 0 amide bonds. The molecule has 0 aliphatic rings. The molecule has 0 radical (unpaired) electrons. The first-order valence-electron chi connectivity index (χ1n) is 7.67. The Labute approximate surface area is 134 Å². The van der Waals surface area contributed by atoms with Gasteiger partial charge in [0.15, 0.2) is 0 Å². The van der Waals surface area contributed by atoms with Gasteiger partial charge in [0.2, 0.25) is 5.88 Å². The molecule has 0 saturated heterocycles. The van der Waals surface area contributed by atoms with Crippen LogP contribution < -0.4 is 5.56 Å². The second-order valence-electron chi connectivity index (χ2n) is 5.32. The van der Waals surface area contributed by atoms with E-state index < -0.39 is 0 Å². The van der Waals surface area contributed by atoms with Crippen LogP contribution in [0.15, 0.2) is 65.5 Å². The van der Waals surface area contributed by atoms with Crippen molar-refractivity contribution in [3.8, 4) is 28.4 Å². The van der Waals surface area contributed by atoms with Crippen LogP contribution in [-0.2, 0) is 6.54 Å². The van der Waals surface area contributed by atoms with Crippen LogP contribution in [0.5, 0.6) is 5.88 Å². The van der Waals surface area contributed by atoms with Crippen molar-refractivity contribution in [2.45, 2.75) is 19.9 Å². The summed E-state index contributed by atoms with van der Waals surface area (Å²) in [5.41, 5.74) is 1.52. The summed E-state index contributed by atoms with van der Waals surface area (Å²) in [6.07, 6.45) is 0.806. The predicted molar refractivity (Wildman–Crippen MR) is 91.3 cm³/mol. The first-order chi connectivity index (χ1) is 11.2. The van der Waals surface area contributed by atoms with Crippen LogP contribution >= 0.6 is 0 Å². The molecule has 0 fully saturated rings. The van der Waals surface area contributed by atoms with Gasteiger partial charge in [0.25, 0.3) is 5.56 Å². The minimum atomic E-state index is -0.229. The minimum Gasteiger partial charge on any atom is -0.493 e. The van der Waals surface area contributed by atoms with Gasteiger partial charge < -0.3 is 5.11 Å². The molecule has 1 heterocycles. The maximum absolute atomic E-state index is 12.9. The van der Waals surface area contributed by atoms with Crippen LogP contribution in [0.25, 0.3) is 22.5 Å². The molecule has 0 saturated carbocycles. The Hall–Kier alpha value is -2.88. The van der Waals surface area contributed by atoms with E-state index in [4.69, 9.17) is 0 Å². The Balaban J connectivity index is 2.27. The van der Waals surface area contributed by atoms with E-state index in [2.05, 4.69) is 4.98 Å². The standard InChI is InChI=1S/C19H18N2O2/c1-2-13-21-17(15-11-7-4-8-12-15)20-18(22)16(19(21)23)14-9-5-3-6-10-14/h3-12,22H,2,13H2,1H3. The van der Waals surface area contributed by atoms with E-state index >= 15 is 0 Å². The van der Waals surface area contributed by atoms with Gasteiger partial charge in [0, 0.05) is 12.1 Å². The molecule has 0 aliphatic heterocycles. The first kappa shape index (κ1) is 15.0. The molecule has 4 heteroatoms. The normalized spacial score (nSPS) is 10.7. The summed E-state index contributed by atoms with van der Waals surface area (Å²) in [5.74, 6) is 0.266. The number of aromatic nitrogens is 2. The van der Waals surface area contributed by atoms with E-state index in [1.807, 2.05) is 55.5 Å². The second-order valence-corrected chi connectivity index (χ2v) is 5.32. The molecular weight excluding hydrogens is 288 g/mol. The molecule has 1 N–H and O–H groups in total. The maximum Gasteiger partial charge on any atom is 0.265 e. The monoisotopic (exact) mass is 306 g/mol. The Morgan fingerprint density at radius 3 is 2.09 bits per heavy atom.